The van der Waals surface area contributed by atoms with E-state index in [9.17, 15) is 4.79 Å². The molecule has 1 aliphatic rings. The highest BCUT2D eigenvalue weighted by molar-refractivity contribution is 5.61. The summed E-state index contributed by atoms with van der Waals surface area (Å²) in [6, 6.07) is 11.3. The van der Waals surface area contributed by atoms with Crippen LogP contribution in [0.3, 0.4) is 0 Å². The van der Waals surface area contributed by atoms with Gasteiger partial charge >= 0.3 is 0 Å². The maximum atomic E-state index is 12.2. The predicted molar refractivity (Wildman–Crippen MR) is 132 cm³/mol. The summed E-state index contributed by atoms with van der Waals surface area (Å²) in [5.74, 6) is 1.14. The molecule has 0 spiro atoms. The summed E-state index contributed by atoms with van der Waals surface area (Å²) < 4.78 is 1.53. The number of aromatic nitrogens is 4. The molecule has 0 N–H and O–H groups in total. The molecule has 0 radical (unpaired) electrons. The van der Waals surface area contributed by atoms with Gasteiger partial charge < -0.3 is 4.90 Å². The maximum Gasteiger partial charge on any atom is 0.267 e. The fourth-order valence-electron chi connectivity index (χ4n) is 2.88. The second kappa shape index (κ2) is 12.5. The number of rotatable bonds is 6. The zero-order valence-electron chi connectivity index (χ0n) is 20.0. The summed E-state index contributed by atoms with van der Waals surface area (Å²) in [6.07, 6.45) is 7.42. The van der Waals surface area contributed by atoms with Gasteiger partial charge in [-0.3, -0.25) is 4.79 Å². The van der Waals surface area contributed by atoms with Crippen LogP contribution in [-0.4, -0.2) is 45.1 Å². The van der Waals surface area contributed by atoms with Gasteiger partial charge in [0.25, 0.3) is 5.56 Å². The molecular weight excluding hydrogens is 400 g/mol. The van der Waals surface area contributed by atoms with Crippen molar-refractivity contribution in [1.29, 1.82) is 0 Å². The van der Waals surface area contributed by atoms with E-state index < -0.39 is 0 Å². The minimum atomic E-state index is -0.0887. The molecule has 7 heteroatoms. The summed E-state index contributed by atoms with van der Waals surface area (Å²) in [7, 11) is 3.81. The van der Waals surface area contributed by atoms with Crippen molar-refractivity contribution in [3.8, 4) is 11.4 Å². The van der Waals surface area contributed by atoms with Crippen molar-refractivity contribution < 1.29 is 0 Å². The van der Waals surface area contributed by atoms with Crippen molar-refractivity contribution in [2.24, 2.45) is 4.99 Å². The molecule has 1 fully saturated rings. The first-order valence-electron chi connectivity index (χ1n) is 11.3. The molecule has 4 rings (SSSR count). The fraction of sp³-hybridized carbons (Fsp3) is 0.400. The van der Waals surface area contributed by atoms with Gasteiger partial charge in [0, 0.05) is 31.6 Å². The van der Waals surface area contributed by atoms with Crippen LogP contribution >= 0.6 is 0 Å². The molecule has 3 aromatic rings. The van der Waals surface area contributed by atoms with Crippen LogP contribution in [0, 0.1) is 0 Å². The number of hydrogen-bond acceptors (Lipinski definition) is 5. The van der Waals surface area contributed by atoms with E-state index in [-0.39, 0.29) is 5.56 Å². The molecular formula is C25H34N6O. The Labute approximate surface area is 190 Å². The van der Waals surface area contributed by atoms with Gasteiger partial charge in [-0.2, -0.15) is 5.10 Å². The molecule has 0 amide bonds. The van der Waals surface area contributed by atoms with Crippen LogP contribution in [0.4, 0.5) is 5.69 Å². The lowest BCUT2D eigenvalue weighted by molar-refractivity contribution is 0.619. The van der Waals surface area contributed by atoms with Gasteiger partial charge in [-0.15, -0.1) is 0 Å². The highest BCUT2D eigenvalue weighted by atomic mass is 16.1. The van der Waals surface area contributed by atoms with E-state index in [4.69, 9.17) is 0 Å². The number of benzene rings is 1. The van der Waals surface area contributed by atoms with Crippen molar-refractivity contribution >= 4 is 12.0 Å². The van der Waals surface area contributed by atoms with E-state index in [1.807, 2.05) is 77.0 Å². The monoisotopic (exact) mass is 434 g/mol. The molecule has 0 atom stereocenters. The van der Waals surface area contributed by atoms with E-state index in [2.05, 4.69) is 20.1 Å². The van der Waals surface area contributed by atoms with Gasteiger partial charge in [-0.05, 0) is 30.5 Å². The standard InChI is InChI=1S/C21H22N6O.2C2H6/c1-26(2)14-24-18-11-22-21(23-12-18)17-5-3-4-15(10-17)13-27-20(28)9-8-19(25-27)16-6-7-16;2*1-2/h3-5,8-12,14,16H,6-7,13H2,1-2H3;2*1-2H3. The Morgan fingerprint density at radius 3 is 2.38 bits per heavy atom. The van der Waals surface area contributed by atoms with Gasteiger partial charge in [0.15, 0.2) is 5.82 Å². The Bertz CT molecular complexity index is 1050. The Kier molecular flexibility index (Phi) is 9.73. The zero-order chi connectivity index (χ0) is 23.5. The van der Waals surface area contributed by atoms with Gasteiger partial charge in [0.05, 0.1) is 31.0 Å². The summed E-state index contributed by atoms with van der Waals surface area (Å²) in [4.78, 5) is 27.1. The van der Waals surface area contributed by atoms with Gasteiger partial charge in [0.2, 0.25) is 0 Å². The summed E-state index contributed by atoms with van der Waals surface area (Å²) in [5, 5.41) is 4.53. The van der Waals surface area contributed by atoms with Crippen molar-refractivity contribution in [2.45, 2.75) is 53.0 Å². The van der Waals surface area contributed by atoms with Crippen molar-refractivity contribution in [1.82, 2.24) is 24.6 Å². The molecule has 1 saturated carbocycles. The molecule has 7 nitrogen and oxygen atoms in total. The lowest BCUT2D eigenvalue weighted by Crippen LogP contribution is -2.23. The maximum absolute atomic E-state index is 12.2. The number of hydrogen-bond donors (Lipinski definition) is 0. The molecule has 32 heavy (non-hydrogen) atoms. The molecule has 170 valence electrons. The molecule has 0 saturated heterocycles. The van der Waals surface area contributed by atoms with Gasteiger partial charge in [-0.25, -0.2) is 19.6 Å². The van der Waals surface area contributed by atoms with Crippen molar-refractivity contribution in [3.63, 3.8) is 0 Å². The van der Waals surface area contributed by atoms with Gasteiger partial charge in [-0.1, -0.05) is 45.9 Å². The van der Waals surface area contributed by atoms with Crippen LogP contribution in [0.1, 0.15) is 57.7 Å². The van der Waals surface area contributed by atoms with E-state index in [1.54, 1.807) is 24.8 Å². The first-order chi connectivity index (χ1) is 15.6. The third-order valence-corrected chi connectivity index (χ3v) is 4.48. The Morgan fingerprint density at radius 1 is 1.06 bits per heavy atom. The Balaban J connectivity index is 0.000000860. The normalized spacial score (nSPS) is 12.4. The smallest absolute Gasteiger partial charge is 0.267 e. The van der Waals surface area contributed by atoms with E-state index in [1.165, 1.54) is 4.68 Å². The van der Waals surface area contributed by atoms with Crippen molar-refractivity contribution in [2.75, 3.05) is 14.1 Å². The number of aliphatic imine (C=N–C) groups is 1. The number of nitrogens with zero attached hydrogens (tertiary/aromatic N) is 6. The predicted octanol–water partition coefficient (Wildman–Crippen LogP) is 4.90. The molecule has 0 aliphatic heterocycles. The second-order valence-corrected chi connectivity index (χ2v) is 7.20. The lowest BCUT2D eigenvalue weighted by Gasteiger charge is -2.08. The van der Waals surface area contributed by atoms with Crippen LogP contribution in [0.25, 0.3) is 11.4 Å². The molecule has 2 aromatic heterocycles. The van der Waals surface area contributed by atoms with Crippen LogP contribution in [-0.2, 0) is 6.54 Å². The third kappa shape index (κ3) is 7.11. The van der Waals surface area contributed by atoms with Crippen LogP contribution in [0.15, 0.2) is 58.6 Å². The Morgan fingerprint density at radius 2 is 1.75 bits per heavy atom. The topological polar surface area (TPSA) is 76.3 Å². The molecule has 0 unspecified atom stereocenters. The average Bonchev–Trinajstić information content (AvgIpc) is 3.68. The average molecular weight is 435 g/mol. The van der Waals surface area contributed by atoms with E-state index >= 15 is 0 Å². The SMILES string of the molecule is CC.CC.CN(C)C=Nc1cnc(-c2cccc(Cn3nc(C4CC4)ccc3=O)c2)nc1. The van der Waals surface area contributed by atoms with E-state index in [0.717, 1.165) is 29.7 Å². The van der Waals surface area contributed by atoms with Gasteiger partial charge in [0.1, 0.15) is 5.69 Å². The first-order valence-corrected chi connectivity index (χ1v) is 11.3. The molecule has 2 heterocycles. The van der Waals surface area contributed by atoms with Crippen LogP contribution < -0.4 is 5.56 Å². The minimum Gasteiger partial charge on any atom is -0.369 e. The largest absolute Gasteiger partial charge is 0.369 e. The highest BCUT2D eigenvalue weighted by Crippen LogP contribution is 2.38. The lowest BCUT2D eigenvalue weighted by atomic mass is 10.1. The molecule has 0 bridgehead atoms. The summed E-state index contributed by atoms with van der Waals surface area (Å²) >= 11 is 0. The third-order valence-electron chi connectivity index (χ3n) is 4.48. The molecule has 1 aromatic carbocycles. The zero-order valence-corrected chi connectivity index (χ0v) is 20.0. The van der Waals surface area contributed by atoms with Crippen LogP contribution in [0.2, 0.25) is 0 Å². The first kappa shape index (κ1) is 24.9. The Hall–Kier alpha value is -3.35. The fourth-order valence-corrected chi connectivity index (χ4v) is 2.88. The summed E-state index contributed by atoms with van der Waals surface area (Å²) in [6.45, 7) is 8.43. The van der Waals surface area contributed by atoms with Crippen LogP contribution in [0.5, 0.6) is 0 Å². The minimum absolute atomic E-state index is 0.0887. The quantitative estimate of drug-likeness (QED) is 0.407. The van der Waals surface area contributed by atoms with Crippen molar-refractivity contribution in [3.05, 3.63) is 70.4 Å². The summed E-state index contributed by atoms with van der Waals surface area (Å²) in [5.41, 5.74) is 3.49. The highest BCUT2D eigenvalue weighted by Gasteiger charge is 2.25. The molecule has 1 aliphatic carbocycles. The second-order valence-electron chi connectivity index (χ2n) is 7.20. The van der Waals surface area contributed by atoms with E-state index in [0.29, 0.717) is 24.0 Å².